The van der Waals surface area contributed by atoms with E-state index in [1.165, 1.54) is 18.1 Å². The van der Waals surface area contributed by atoms with Crippen molar-refractivity contribution in [1.82, 2.24) is 30.2 Å². The lowest BCUT2D eigenvalue weighted by molar-refractivity contribution is -0.216. The van der Waals surface area contributed by atoms with Gasteiger partial charge in [-0.1, -0.05) is 39.8 Å². The number of halogens is 3. The summed E-state index contributed by atoms with van der Waals surface area (Å²) in [6.07, 6.45) is -6.00. The summed E-state index contributed by atoms with van der Waals surface area (Å²) < 4.78 is 59.6. The topological polar surface area (TPSA) is 165 Å². The second-order valence-electron chi connectivity index (χ2n) is 18.9. The van der Waals surface area contributed by atoms with Crippen LogP contribution in [-0.2, 0) is 52.8 Å². The van der Waals surface area contributed by atoms with Crippen molar-refractivity contribution in [3.05, 3.63) is 71.5 Å². The minimum atomic E-state index is -4.64. The summed E-state index contributed by atoms with van der Waals surface area (Å²) in [5, 5.41) is 16.4. The fraction of sp³-hybridized carbons (Fsp3) is 0.531. The van der Waals surface area contributed by atoms with E-state index < -0.39 is 71.5 Å². The normalized spacial score (nSPS) is 22.5. The van der Waals surface area contributed by atoms with Gasteiger partial charge in [0.1, 0.15) is 30.0 Å². The number of hydrazine groups is 1. The van der Waals surface area contributed by atoms with E-state index in [2.05, 4.69) is 28.3 Å². The average Bonchev–Trinajstić information content (AvgIpc) is 3.90. The van der Waals surface area contributed by atoms with Gasteiger partial charge in [0, 0.05) is 61.7 Å². The van der Waals surface area contributed by atoms with E-state index in [0.29, 0.717) is 36.9 Å². The van der Waals surface area contributed by atoms with Crippen LogP contribution in [0.1, 0.15) is 90.2 Å². The number of methoxy groups -OCH3 is 1. The molecule has 0 spiro atoms. The molecule has 0 saturated carbocycles. The summed E-state index contributed by atoms with van der Waals surface area (Å²) in [7, 11) is 2.99. The summed E-state index contributed by atoms with van der Waals surface area (Å²) in [6.45, 7) is 12.4. The van der Waals surface area contributed by atoms with Gasteiger partial charge in [-0.3, -0.25) is 29.2 Å². The molecule has 2 fully saturated rings. The Morgan fingerprint density at radius 2 is 1.83 bits per heavy atom. The molecule has 17 heteroatoms. The first-order valence-corrected chi connectivity index (χ1v) is 22.7. The first-order valence-electron chi connectivity index (χ1n) is 22.7. The van der Waals surface area contributed by atoms with Crippen LogP contribution in [-0.4, -0.2) is 112 Å². The van der Waals surface area contributed by atoms with Crippen molar-refractivity contribution in [3.63, 3.8) is 0 Å². The number of carbonyl (C=O) groups excluding carboxylic acids is 4. The lowest BCUT2D eigenvalue weighted by Crippen LogP contribution is -2.62. The number of aromatic nitrogens is 2. The SMILES string of the molecule is CCn1c(-c2cccnc2[C@H](C)OC)c2c3cc(ccc31)-c1cc(O)cc(c1)C[C@H](NC(=O)C(C(C)C)N(C)C(=O)C1CCC(C(F)(F)F)O1)C(=O)N1CCC[C@H](N1)C(=O)OCC(C)(C)C2. The monoisotopic (exact) mass is 918 g/mol. The predicted octanol–water partition coefficient (Wildman–Crippen LogP) is 7.04. The van der Waals surface area contributed by atoms with E-state index in [4.69, 9.17) is 19.2 Å². The van der Waals surface area contributed by atoms with Gasteiger partial charge in [-0.05, 0) is 111 Å². The Balaban J connectivity index is 1.31. The zero-order valence-corrected chi connectivity index (χ0v) is 38.8. The van der Waals surface area contributed by atoms with Crippen LogP contribution in [0.4, 0.5) is 13.2 Å². The second-order valence-corrected chi connectivity index (χ2v) is 18.9. The highest BCUT2D eigenvalue weighted by molar-refractivity contribution is 5.96. The van der Waals surface area contributed by atoms with Gasteiger partial charge in [0.05, 0.1) is 24.1 Å². The fourth-order valence-electron chi connectivity index (χ4n) is 9.67. The van der Waals surface area contributed by atoms with Gasteiger partial charge in [-0.15, -0.1) is 0 Å². The molecular formula is C49H61F3N6O8. The number of fused-ring (bicyclic) bond motifs is 6. The molecule has 6 bridgehead atoms. The van der Waals surface area contributed by atoms with Crippen LogP contribution in [0.15, 0.2) is 54.7 Å². The standard InChI is InChI=1S/C49H61F3N6O8/c1-9-57-38-15-14-30-24-34(38)35(43(57)33-12-10-18-53-41(33)28(4)64-8)25-48(5,6)26-65-47(63)36-13-11-19-58(55-36)45(61)37(22-29-20-31(30)23-32(59)21-29)54-44(60)42(27(2)3)56(7)46(62)39-16-17-40(66-39)49(50,51)52/h10,12,14-15,18,20-21,23-24,27-28,36-37,39-40,42,55,59H,9,11,13,16-17,19,22,25-26H2,1-8H3,(H,54,60)/t28-,36-,37-,39?,40?,42?/m0/s1. The molecule has 3 unspecified atom stereocenters. The minimum absolute atomic E-state index is 0.0600. The van der Waals surface area contributed by atoms with E-state index >= 15 is 0 Å². The number of cyclic esters (lactones) is 1. The van der Waals surface area contributed by atoms with Crippen LogP contribution >= 0.6 is 0 Å². The molecule has 5 heterocycles. The molecule has 3 N–H and O–H groups in total. The summed E-state index contributed by atoms with van der Waals surface area (Å²) in [5.41, 5.74) is 9.05. The third-order valence-corrected chi connectivity index (χ3v) is 13.0. The third-order valence-electron chi connectivity index (χ3n) is 13.0. The number of amides is 3. The third kappa shape index (κ3) is 10.1. The van der Waals surface area contributed by atoms with Crippen molar-refractivity contribution in [2.24, 2.45) is 11.3 Å². The smallest absolute Gasteiger partial charge is 0.414 e. The van der Waals surface area contributed by atoms with Gasteiger partial charge < -0.3 is 34.1 Å². The van der Waals surface area contributed by atoms with E-state index in [1.807, 2.05) is 51.1 Å². The van der Waals surface area contributed by atoms with Crippen LogP contribution in [0.2, 0.25) is 0 Å². The number of pyridine rings is 1. The maximum Gasteiger partial charge on any atom is 0.414 e. The first-order chi connectivity index (χ1) is 31.2. The summed E-state index contributed by atoms with van der Waals surface area (Å²) in [4.78, 5) is 62.3. The molecule has 7 rings (SSSR count). The maximum atomic E-state index is 14.6. The number of nitrogens with one attached hydrogen (secondary N) is 2. The Morgan fingerprint density at radius 1 is 1.08 bits per heavy atom. The molecule has 3 aliphatic rings. The number of carbonyl (C=O) groups is 4. The van der Waals surface area contributed by atoms with Crippen LogP contribution in [0, 0.1) is 11.3 Å². The molecule has 3 amide bonds. The number of esters is 1. The van der Waals surface area contributed by atoms with E-state index in [1.54, 1.807) is 33.2 Å². The van der Waals surface area contributed by atoms with Crippen molar-refractivity contribution in [3.8, 4) is 28.1 Å². The van der Waals surface area contributed by atoms with Crippen LogP contribution in [0.5, 0.6) is 5.75 Å². The minimum Gasteiger partial charge on any atom is -0.508 e. The molecule has 2 aromatic heterocycles. The van der Waals surface area contributed by atoms with Crippen molar-refractivity contribution >= 4 is 34.6 Å². The molecular weight excluding hydrogens is 858 g/mol. The van der Waals surface area contributed by atoms with Gasteiger partial charge in [0.2, 0.25) is 5.91 Å². The lowest BCUT2D eigenvalue weighted by atomic mass is 9.84. The van der Waals surface area contributed by atoms with E-state index in [-0.39, 0.29) is 44.3 Å². The molecule has 2 saturated heterocycles. The zero-order valence-electron chi connectivity index (χ0n) is 38.8. The maximum absolute atomic E-state index is 14.6. The average molecular weight is 919 g/mol. The van der Waals surface area contributed by atoms with Gasteiger partial charge in [0.15, 0.2) is 6.10 Å². The number of hydrogen-bond donors (Lipinski definition) is 3. The lowest BCUT2D eigenvalue weighted by Gasteiger charge is -2.37. The van der Waals surface area contributed by atoms with Crippen LogP contribution in [0.25, 0.3) is 33.3 Å². The van der Waals surface area contributed by atoms with Crippen molar-refractivity contribution in [2.45, 2.75) is 129 Å². The first kappa shape index (κ1) is 48.4. The van der Waals surface area contributed by atoms with Gasteiger partial charge >= 0.3 is 12.1 Å². The quantitative estimate of drug-likeness (QED) is 0.148. The van der Waals surface area contributed by atoms with Crippen LogP contribution < -0.4 is 10.7 Å². The highest BCUT2D eigenvalue weighted by Gasteiger charge is 2.48. The molecule has 2 aromatic carbocycles. The Hall–Kier alpha value is -5.52. The Morgan fingerprint density at radius 3 is 2.52 bits per heavy atom. The number of aromatic hydroxyl groups is 1. The summed E-state index contributed by atoms with van der Waals surface area (Å²) >= 11 is 0. The number of rotatable bonds is 9. The van der Waals surface area contributed by atoms with E-state index in [0.717, 1.165) is 43.9 Å². The molecule has 0 radical (unpaired) electrons. The predicted molar refractivity (Wildman–Crippen MR) is 241 cm³/mol. The zero-order chi connectivity index (χ0) is 47.8. The molecule has 3 aliphatic heterocycles. The second kappa shape index (κ2) is 19.4. The van der Waals surface area contributed by atoms with Crippen LogP contribution in [0.3, 0.4) is 0 Å². The molecule has 356 valence electrons. The largest absolute Gasteiger partial charge is 0.508 e. The number of benzene rings is 2. The number of phenolic OH excluding ortho intramolecular Hbond substituents is 1. The van der Waals surface area contributed by atoms with Crippen molar-refractivity contribution in [2.75, 3.05) is 27.3 Å². The molecule has 0 aliphatic carbocycles. The number of nitrogens with zero attached hydrogens (tertiary/aromatic N) is 4. The molecule has 66 heavy (non-hydrogen) atoms. The molecule has 6 atom stereocenters. The Kier molecular flexibility index (Phi) is 14.2. The van der Waals surface area contributed by atoms with Gasteiger partial charge in [-0.25, -0.2) is 5.43 Å². The number of ether oxygens (including phenoxy) is 3. The number of likely N-dealkylation sites (N-methyl/N-ethyl adjacent to an activating group) is 1. The molecule has 14 nitrogen and oxygen atoms in total. The highest BCUT2D eigenvalue weighted by atomic mass is 19.4. The van der Waals surface area contributed by atoms with Gasteiger partial charge in [-0.2, -0.15) is 13.2 Å². The number of alkyl halides is 3. The van der Waals surface area contributed by atoms with E-state index in [9.17, 15) is 37.5 Å². The number of hydrogen-bond acceptors (Lipinski definition) is 10. The number of phenols is 1. The Labute approximate surface area is 383 Å². The van der Waals surface area contributed by atoms with Gasteiger partial charge in [0.25, 0.3) is 11.8 Å². The summed E-state index contributed by atoms with van der Waals surface area (Å²) in [6, 6.07) is 11.7. The highest BCUT2D eigenvalue weighted by Crippen LogP contribution is 2.42. The van der Waals surface area contributed by atoms with Crippen molar-refractivity contribution in [1.29, 1.82) is 0 Å². The fourth-order valence-corrected chi connectivity index (χ4v) is 9.67. The number of aryl methyl sites for hydroxylation is 1. The molecule has 4 aromatic rings. The summed E-state index contributed by atoms with van der Waals surface area (Å²) in [5.74, 6) is -3.22. The Bertz CT molecular complexity index is 2470. The van der Waals surface area contributed by atoms with Crippen molar-refractivity contribution < 1.29 is 51.7 Å².